The minimum absolute atomic E-state index is 0.141. The summed E-state index contributed by atoms with van der Waals surface area (Å²) in [7, 11) is 1.58. The van der Waals surface area contributed by atoms with E-state index in [-0.39, 0.29) is 12.5 Å². The Morgan fingerprint density at radius 2 is 2.25 bits per heavy atom. The van der Waals surface area contributed by atoms with Gasteiger partial charge in [-0.2, -0.15) is 0 Å². The molecule has 1 aromatic heterocycles. The molecule has 0 saturated heterocycles. The SMILES string of the molecule is COc1csc(C(=O)Nc2cccc(CCCO)c2)c1. The summed E-state index contributed by atoms with van der Waals surface area (Å²) in [6.45, 7) is 0.172. The van der Waals surface area contributed by atoms with Crippen molar-refractivity contribution in [2.45, 2.75) is 12.8 Å². The van der Waals surface area contributed by atoms with Crippen LogP contribution < -0.4 is 10.1 Å². The maximum absolute atomic E-state index is 12.1. The van der Waals surface area contributed by atoms with E-state index in [0.29, 0.717) is 10.6 Å². The zero-order valence-corrected chi connectivity index (χ0v) is 12.1. The van der Waals surface area contributed by atoms with Crippen molar-refractivity contribution in [1.29, 1.82) is 0 Å². The second kappa shape index (κ2) is 7.07. The van der Waals surface area contributed by atoms with Crippen LogP contribution in [0.25, 0.3) is 0 Å². The molecule has 106 valence electrons. The number of aryl methyl sites for hydroxylation is 1. The van der Waals surface area contributed by atoms with Gasteiger partial charge in [-0.25, -0.2) is 0 Å². The third-order valence-corrected chi connectivity index (χ3v) is 3.75. The fourth-order valence-corrected chi connectivity index (χ4v) is 2.58. The largest absolute Gasteiger partial charge is 0.496 e. The number of anilines is 1. The predicted octanol–water partition coefficient (Wildman–Crippen LogP) is 2.93. The Bertz CT molecular complexity index is 580. The molecule has 0 aliphatic heterocycles. The normalized spacial score (nSPS) is 10.3. The molecule has 0 atom stereocenters. The molecule has 2 rings (SSSR count). The summed E-state index contributed by atoms with van der Waals surface area (Å²) < 4.78 is 5.07. The van der Waals surface area contributed by atoms with Gasteiger partial charge in [-0.15, -0.1) is 11.3 Å². The van der Waals surface area contributed by atoms with E-state index in [1.165, 1.54) is 11.3 Å². The fourth-order valence-electron chi connectivity index (χ4n) is 1.83. The molecule has 2 N–H and O–H groups in total. The van der Waals surface area contributed by atoms with Gasteiger partial charge in [0, 0.05) is 23.7 Å². The minimum Gasteiger partial charge on any atom is -0.496 e. The average molecular weight is 291 g/mol. The number of ether oxygens (including phenoxy) is 1. The molecule has 0 saturated carbocycles. The third kappa shape index (κ3) is 3.82. The van der Waals surface area contributed by atoms with Crippen LogP contribution in [0.5, 0.6) is 5.75 Å². The Morgan fingerprint density at radius 3 is 2.95 bits per heavy atom. The van der Waals surface area contributed by atoms with E-state index in [2.05, 4.69) is 5.32 Å². The van der Waals surface area contributed by atoms with Crippen LogP contribution in [-0.4, -0.2) is 24.7 Å². The van der Waals surface area contributed by atoms with Gasteiger partial charge in [-0.1, -0.05) is 12.1 Å². The van der Waals surface area contributed by atoms with E-state index in [0.717, 1.165) is 24.1 Å². The van der Waals surface area contributed by atoms with Crippen molar-refractivity contribution in [2.24, 2.45) is 0 Å². The Morgan fingerprint density at radius 1 is 1.40 bits per heavy atom. The Hall–Kier alpha value is -1.85. The summed E-state index contributed by atoms with van der Waals surface area (Å²) in [5.41, 5.74) is 1.86. The molecule has 0 fully saturated rings. The second-order valence-electron chi connectivity index (χ2n) is 4.33. The van der Waals surface area contributed by atoms with Crippen molar-refractivity contribution in [2.75, 3.05) is 19.0 Å². The van der Waals surface area contributed by atoms with Gasteiger partial charge in [0.05, 0.1) is 12.0 Å². The Kier molecular flexibility index (Phi) is 5.15. The lowest BCUT2D eigenvalue weighted by Crippen LogP contribution is -2.10. The number of amides is 1. The van der Waals surface area contributed by atoms with E-state index in [4.69, 9.17) is 9.84 Å². The molecule has 0 bridgehead atoms. The summed E-state index contributed by atoms with van der Waals surface area (Å²) in [5, 5.41) is 13.5. The van der Waals surface area contributed by atoms with Crippen molar-refractivity contribution in [3.8, 4) is 5.75 Å². The molecule has 0 spiro atoms. The number of aliphatic hydroxyl groups excluding tert-OH is 1. The quantitative estimate of drug-likeness (QED) is 0.860. The Labute approximate surface area is 122 Å². The van der Waals surface area contributed by atoms with Gasteiger partial charge in [0.2, 0.25) is 0 Å². The summed E-state index contributed by atoms with van der Waals surface area (Å²) in [4.78, 5) is 12.7. The molecule has 0 unspecified atom stereocenters. The first-order valence-electron chi connectivity index (χ1n) is 6.36. The molecule has 0 aliphatic carbocycles. The topological polar surface area (TPSA) is 58.6 Å². The van der Waals surface area contributed by atoms with Crippen molar-refractivity contribution in [1.82, 2.24) is 0 Å². The molecule has 0 radical (unpaired) electrons. The summed E-state index contributed by atoms with van der Waals surface area (Å²) in [5.74, 6) is 0.550. The fraction of sp³-hybridized carbons (Fsp3) is 0.267. The van der Waals surface area contributed by atoms with Crippen molar-refractivity contribution in [3.05, 3.63) is 46.2 Å². The zero-order valence-electron chi connectivity index (χ0n) is 11.3. The lowest BCUT2D eigenvalue weighted by Gasteiger charge is -2.06. The number of rotatable bonds is 6. The van der Waals surface area contributed by atoms with E-state index in [1.54, 1.807) is 18.6 Å². The molecule has 5 heteroatoms. The Balaban J connectivity index is 2.03. The maximum Gasteiger partial charge on any atom is 0.265 e. The van der Waals surface area contributed by atoms with E-state index >= 15 is 0 Å². The van der Waals surface area contributed by atoms with Crippen LogP contribution in [0.2, 0.25) is 0 Å². The molecule has 20 heavy (non-hydrogen) atoms. The number of hydrogen-bond donors (Lipinski definition) is 2. The standard InChI is InChI=1S/C15H17NO3S/c1-19-13-9-14(20-10-13)15(18)16-12-6-2-4-11(8-12)5-3-7-17/h2,4,6,8-10,17H,3,5,7H2,1H3,(H,16,18). The zero-order chi connectivity index (χ0) is 14.4. The van der Waals surface area contributed by atoms with Crippen LogP contribution in [0.15, 0.2) is 35.7 Å². The lowest BCUT2D eigenvalue weighted by atomic mass is 10.1. The van der Waals surface area contributed by atoms with Crippen LogP contribution in [0.1, 0.15) is 21.7 Å². The summed E-state index contributed by atoms with van der Waals surface area (Å²) >= 11 is 1.35. The van der Waals surface area contributed by atoms with Gasteiger partial charge in [-0.3, -0.25) is 4.79 Å². The molecule has 1 aromatic carbocycles. The number of hydrogen-bond acceptors (Lipinski definition) is 4. The number of thiophene rings is 1. The van der Waals surface area contributed by atoms with Gasteiger partial charge in [0.1, 0.15) is 5.75 Å². The summed E-state index contributed by atoms with van der Waals surface area (Å²) in [6.07, 6.45) is 1.52. The van der Waals surface area contributed by atoms with Gasteiger partial charge in [0.25, 0.3) is 5.91 Å². The molecular formula is C15H17NO3S. The number of carbonyl (C=O) groups excluding carboxylic acids is 1. The van der Waals surface area contributed by atoms with Gasteiger partial charge >= 0.3 is 0 Å². The van der Waals surface area contributed by atoms with Crippen LogP contribution in [0.3, 0.4) is 0 Å². The maximum atomic E-state index is 12.1. The highest BCUT2D eigenvalue weighted by Gasteiger charge is 2.10. The van der Waals surface area contributed by atoms with E-state index < -0.39 is 0 Å². The molecular weight excluding hydrogens is 274 g/mol. The van der Waals surface area contributed by atoms with Crippen LogP contribution in [0, 0.1) is 0 Å². The number of aliphatic hydroxyl groups is 1. The smallest absolute Gasteiger partial charge is 0.265 e. The van der Waals surface area contributed by atoms with Crippen molar-refractivity contribution in [3.63, 3.8) is 0 Å². The van der Waals surface area contributed by atoms with Crippen LogP contribution in [-0.2, 0) is 6.42 Å². The number of benzene rings is 1. The monoisotopic (exact) mass is 291 g/mol. The highest BCUT2D eigenvalue weighted by molar-refractivity contribution is 7.12. The average Bonchev–Trinajstić information content (AvgIpc) is 2.94. The molecule has 0 aliphatic rings. The summed E-state index contributed by atoms with van der Waals surface area (Å²) in [6, 6.07) is 9.38. The molecule has 1 amide bonds. The first kappa shape index (κ1) is 14.6. The van der Waals surface area contributed by atoms with E-state index in [1.807, 2.05) is 24.3 Å². The molecule has 4 nitrogen and oxygen atoms in total. The predicted molar refractivity (Wildman–Crippen MR) is 80.7 cm³/mol. The highest BCUT2D eigenvalue weighted by Crippen LogP contribution is 2.22. The third-order valence-electron chi connectivity index (χ3n) is 2.84. The first-order chi connectivity index (χ1) is 9.72. The highest BCUT2D eigenvalue weighted by atomic mass is 32.1. The number of nitrogens with one attached hydrogen (secondary N) is 1. The van der Waals surface area contributed by atoms with Crippen LogP contribution in [0.4, 0.5) is 5.69 Å². The molecule has 1 heterocycles. The van der Waals surface area contributed by atoms with Crippen LogP contribution >= 0.6 is 11.3 Å². The van der Waals surface area contributed by atoms with Gasteiger partial charge in [0.15, 0.2) is 0 Å². The lowest BCUT2D eigenvalue weighted by molar-refractivity contribution is 0.103. The minimum atomic E-state index is -0.141. The first-order valence-corrected chi connectivity index (χ1v) is 7.24. The van der Waals surface area contributed by atoms with Gasteiger partial charge in [-0.05, 0) is 30.5 Å². The number of methoxy groups -OCH3 is 1. The van der Waals surface area contributed by atoms with Crippen molar-refractivity contribution < 1.29 is 14.6 Å². The van der Waals surface area contributed by atoms with Crippen molar-refractivity contribution >= 4 is 22.9 Å². The van der Waals surface area contributed by atoms with E-state index in [9.17, 15) is 4.79 Å². The second-order valence-corrected chi connectivity index (χ2v) is 5.24. The van der Waals surface area contributed by atoms with Gasteiger partial charge < -0.3 is 15.2 Å². The molecule has 2 aromatic rings. The number of carbonyl (C=O) groups is 1.